The van der Waals surface area contributed by atoms with E-state index in [4.69, 9.17) is 25.9 Å². The molecular weight excluding hydrogens is 230 g/mol. The predicted octanol–water partition coefficient (Wildman–Crippen LogP) is 1.93. The van der Waals surface area contributed by atoms with Gasteiger partial charge in [0.15, 0.2) is 11.5 Å². The summed E-state index contributed by atoms with van der Waals surface area (Å²) in [5, 5.41) is 0.734. The third-order valence-corrected chi connectivity index (χ3v) is 3.05. The van der Waals surface area contributed by atoms with Crippen molar-refractivity contribution >= 4 is 11.6 Å². The fraction of sp³-hybridized carbons (Fsp3) is 0.455. The van der Waals surface area contributed by atoms with Gasteiger partial charge in [-0.3, -0.25) is 0 Å². The standard InChI is InChI=1S/C11H14ClNO3/c1-14-9-5-7(6-13-15-2)10(12)8-3-4-16-11(8)9/h5,13H,3-4,6H2,1-2H3. The molecule has 1 aliphatic rings. The number of halogens is 1. The molecule has 1 aromatic carbocycles. The second kappa shape index (κ2) is 4.91. The number of methoxy groups -OCH3 is 1. The second-order valence-electron chi connectivity index (χ2n) is 3.48. The minimum atomic E-state index is 0.541. The molecule has 2 rings (SSSR count). The molecule has 0 aliphatic carbocycles. The minimum absolute atomic E-state index is 0.541. The Morgan fingerprint density at radius 3 is 3.00 bits per heavy atom. The van der Waals surface area contributed by atoms with Gasteiger partial charge in [0.1, 0.15) is 0 Å². The first-order valence-corrected chi connectivity index (χ1v) is 5.42. The van der Waals surface area contributed by atoms with Crippen molar-refractivity contribution in [3.8, 4) is 11.5 Å². The molecule has 0 amide bonds. The average molecular weight is 244 g/mol. The fourth-order valence-electron chi connectivity index (χ4n) is 1.80. The van der Waals surface area contributed by atoms with Crippen LogP contribution in [-0.4, -0.2) is 20.8 Å². The Bertz CT molecular complexity index is 395. The van der Waals surface area contributed by atoms with Crippen molar-refractivity contribution in [2.45, 2.75) is 13.0 Å². The van der Waals surface area contributed by atoms with E-state index in [9.17, 15) is 0 Å². The summed E-state index contributed by atoms with van der Waals surface area (Å²) in [6, 6.07) is 1.87. The monoisotopic (exact) mass is 243 g/mol. The lowest BCUT2D eigenvalue weighted by Gasteiger charge is -2.12. The van der Waals surface area contributed by atoms with Gasteiger partial charge < -0.3 is 14.3 Å². The number of fused-ring (bicyclic) bond motifs is 1. The molecule has 0 saturated carbocycles. The largest absolute Gasteiger partial charge is 0.493 e. The molecule has 0 saturated heterocycles. The van der Waals surface area contributed by atoms with E-state index in [1.807, 2.05) is 6.07 Å². The zero-order valence-electron chi connectivity index (χ0n) is 9.30. The van der Waals surface area contributed by atoms with Crippen molar-refractivity contribution in [3.63, 3.8) is 0 Å². The Morgan fingerprint density at radius 2 is 2.31 bits per heavy atom. The van der Waals surface area contributed by atoms with Crippen LogP contribution in [-0.2, 0) is 17.8 Å². The number of rotatable bonds is 4. The van der Waals surface area contributed by atoms with Crippen molar-refractivity contribution in [1.82, 2.24) is 5.48 Å². The SMILES string of the molecule is CONCc1cc(OC)c2c(c1Cl)CCO2. The average Bonchev–Trinajstić information content (AvgIpc) is 2.78. The molecule has 0 unspecified atom stereocenters. The number of nitrogens with one attached hydrogen (secondary N) is 1. The Labute approximate surface area is 99.4 Å². The van der Waals surface area contributed by atoms with E-state index in [-0.39, 0.29) is 0 Å². The highest BCUT2D eigenvalue weighted by atomic mass is 35.5. The van der Waals surface area contributed by atoms with Crippen LogP contribution < -0.4 is 15.0 Å². The highest BCUT2D eigenvalue weighted by Gasteiger charge is 2.23. The number of hydrogen-bond donors (Lipinski definition) is 1. The predicted molar refractivity (Wildman–Crippen MR) is 61.1 cm³/mol. The maximum atomic E-state index is 6.29. The molecule has 0 radical (unpaired) electrons. The molecule has 5 heteroatoms. The molecule has 1 aromatic rings. The first-order valence-electron chi connectivity index (χ1n) is 5.04. The van der Waals surface area contributed by atoms with Crippen LogP contribution in [0, 0.1) is 0 Å². The lowest BCUT2D eigenvalue weighted by atomic mass is 10.1. The molecule has 4 nitrogen and oxygen atoms in total. The highest BCUT2D eigenvalue weighted by molar-refractivity contribution is 6.32. The fourth-order valence-corrected chi connectivity index (χ4v) is 2.10. The zero-order chi connectivity index (χ0) is 11.5. The van der Waals surface area contributed by atoms with Gasteiger partial charge in [-0.25, -0.2) is 0 Å². The number of ether oxygens (including phenoxy) is 2. The van der Waals surface area contributed by atoms with Crippen molar-refractivity contribution in [3.05, 3.63) is 22.2 Å². The Kier molecular flexibility index (Phi) is 3.53. The highest BCUT2D eigenvalue weighted by Crippen LogP contribution is 2.42. The summed E-state index contributed by atoms with van der Waals surface area (Å²) in [4.78, 5) is 4.81. The van der Waals surface area contributed by atoms with Crippen molar-refractivity contribution < 1.29 is 14.3 Å². The molecule has 0 fully saturated rings. The first kappa shape index (κ1) is 11.5. The van der Waals surface area contributed by atoms with Crippen molar-refractivity contribution in [2.75, 3.05) is 20.8 Å². The number of hydroxylamine groups is 1. The van der Waals surface area contributed by atoms with E-state index in [1.54, 1.807) is 14.2 Å². The number of hydrogen-bond acceptors (Lipinski definition) is 4. The van der Waals surface area contributed by atoms with Gasteiger partial charge in [-0.2, -0.15) is 5.48 Å². The van der Waals surface area contributed by atoms with Crippen molar-refractivity contribution in [2.24, 2.45) is 0 Å². The van der Waals surface area contributed by atoms with Gasteiger partial charge in [0.2, 0.25) is 0 Å². The lowest BCUT2D eigenvalue weighted by molar-refractivity contribution is 0.0867. The molecule has 0 aromatic heterocycles. The summed E-state index contributed by atoms with van der Waals surface area (Å²) < 4.78 is 10.8. The van der Waals surface area contributed by atoms with Crippen LogP contribution in [0.15, 0.2) is 6.07 Å². The lowest BCUT2D eigenvalue weighted by Crippen LogP contribution is -2.11. The molecule has 0 bridgehead atoms. The molecule has 88 valence electrons. The topological polar surface area (TPSA) is 39.7 Å². The number of benzene rings is 1. The summed E-state index contributed by atoms with van der Waals surface area (Å²) in [6.07, 6.45) is 0.825. The van der Waals surface area contributed by atoms with Crippen LogP contribution in [0.1, 0.15) is 11.1 Å². The summed E-state index contributed by atoms with van der Waals surface area (Å²) in [5.41, 5.74) is 4.74. The first-order chi connectivity index (χ1) is 7.77. The Hall–Kier alpha value is -0.970. The third-order valence-electron chi connectivity index (χ3n) is 2.58. The minimum Gasteiger partial charge on any atom is -0.493 e. The molecule has 1 aliphatic heterocycles. The van der Waals surface area contributed by atoms with E-state index in [0.717, 1.165) is 34.1 Å². The van der Waals surface area contributed by atoms with E-state index < -0.39 is 0 Å². The summed E-state index contributed by atoms with van der Waals surface area (Å²) in [6.45, 7) is 1.20. The van der Waals surface area contributed by atoms with Gasteiger partial charge in [-0.15, -0.1) is 0 Å². The van der Waals surface area contributed by atoms with E-state index in [2.05, 4.69) is 5.48 Å². The van der Waals surface area contributed by atoms with Crippen LogP contribution in [0.3, 0.4) is 0 Å². The second-order valence-corrected chi connectivity index (χ2v) is 3.86. The van der Waals surface area contributed by atoms with Gasteiger partial charge in [0.25, 0.3) is 0 Å². The Morgan fingerprint density at radius 1 is 1.50 bits per heavy atom. The van der Waals surface area contributed by atoms with Crippen LogP contribution in [0.4, 0.5) is 0 Å². The smallest absolute Gasteiger partial charge is 0.165 e. The molecule has 1 heterocycles. The quantitative estimate of drug-likeness (QED) is 0.821. The van der Waals surface area contributed by atoms with Gasteiger partial charge in [-0.1, -0.05) is 11.6 Å². The van der Waals surface area contributed by atoms with Gasteiger partial charge in [0, 0.05) is 18.5 Å². The molecule has 0 spiro atoms. The van der Waals surface area contributed by atoms with Gasteiger partial charge in [0.05, 0.1) is 25.8 Å². The Balaban J connectivity index is 2.39. The van der Waals surface area contributed by atoms with Crippen LogP contribution in [0.25, 0.3) is 0 Å². The summed E-state index contributed by atoms with van der Waals surface area (Å²) in [7, 11) is 3.19. The molecular formula is C11H14ClNO3. The third kappa shape index (κ3) is 1.96. The maximum absolute atomic E-state index is 6.29. The van der Waals surface area contributed by atoms with Crippen LogP contribution in [0.2, 0.25) is 5.02 Å². The molecule has 1 N–H and O–H groups in total. The van der Waals surface area contributed by atoms with E-state index in [0.29, 0.717) is 13.2 Å². The maximum Gasteiger partial charge on any atom is 0.165 e. The molecule has 16 heavy (non-hydrogen) atoms. The van der Waals surface area contributed by atoms with Crippen LogP contribution in [0.5, 0.6) is 11.5 Å². The van der Waals surface area contributed by atoms with Crippen molar-refractivity contribution in [1.29, 1.82) is 0 Å². The van der Waals surface area contributed by atoms with E-state index in [1.165, 1.54) is 0 Å². The zero-order valence-corrected chi connectivity index (χ0v) is 10.1. The van der Waals surface area contributed by atoms with Gasteiger partial charge in [-0.05, 0) is 11.6 Å². The van der Waals surface area contributed by atoms with Crippen LogP contribution >= 0.6 is 11.6 Å². The normalized spacial score (nSPS) is 13.4. The van der Waals surface area contributed by atoms with E-state index >= 15 is 0 Å². The summed E-state index contributed by atoms with van der Waals surface area (Å²) in [5.74, 6) is 1.50. The van der Waals surface area contributed by atoms with Gasteiger partial charge >= 0.3 is 0 Å². The molecule has 0 atom stereocenters. The summed E-state index contributed by atoms with van der Waals surface area (Å²) >= 11 is 6.29.